The molecule has 3 heteroatoms. The molecule has 4 rings (SSSR count). The molecule has 0 unspecified atom stereocenters. The number of aryl methyl sites for hydroxylation is 2. The Hall–Kier alpha value is -2.55. The summed E-state index contributed by atoms with van der Waals surface area (Å²) < 4.78 is 0. The minimum absolute atomic E-state index is 0.319. The fourth-order valence-electron chi connectivity index (χ4n) is 3.68. The van der Waals surface area contributed by atoms with Crippen LogP contribution in [-0.4, -0.2) is 15.0 Å². The number of hydrogen-bond donors (Lipinski definition) is 0. The third-order valence-electron chi connectivity index (χ3n) is 5.17. The van der Waals surface area contributed by atoms with E-state index < -0.39 is 0 Å². The molecule has 0 atom stereocenters. The largest absolute Gasteiger partial charge is 0.249 e. The Morgan fingerprint density at radius 2 is 1.88 bits per heavy atom. The highest BCUT2D eigenvalue weighted by molar-refractivity contribution is 5.50. The quantitative estimate of drug-likeness (QED) is 0.675. The predicted octanol–water partition coefficient (Wildman–Crippen LogP) is 4.95. The van der Waals surface area contributed by atoms with Crippen LogP contribution < -0.4 is 0 Å². The topological polar surface area (TPSA) is 38.7 Å². The maximum atomic E-state index is 4.87. The molecule has 2 heterocycles. The number of aromatic nitrogens is 3. The van der Waals surface area contributed by atoms with Gasteiger partial charge in [0.15, 0.2) is 5.82 Å². The molecule has 0 saturated heterocycles. The van der Waals surface area contributed by atoms with Crippen LogP contribution in [0.4, 0.5) is 0 Å². The van der Waals surface area contributed by atoms with Crippen LogP contribution in [-0.2, 0) is 19.3 Å². The molecule has 0 spiro atoms. The zero-order valence-electron chi connectivity index (χ0n) is 15.8. The monoisotopic (exact) mass is 343 g/mol. The normalized spacial score (nSPS) is 15.5. The van der Waals surface area contributed by atoms with Gasteiger partial charge in [-0.15, -0.1) is 0 Å². The molecule has 0 saturated carbocycles. The van der Waals surface area contributed by atoms with Gasteiger partial charge < -0.3 is 0 Å². The number of rotatable bonds is 3. The van der Waals surface area contributed by atoms with E-state index in [1.165, 1.54) is 28.8 Å². The molecular weight excluding hydrogens is 318 g/mol. The molecule has 0 aliphatic heterocycles. The van der Waals surface area contributed by atoms with Crippen molar-refractivity contribution in [3.63, 3.8) is 0 Å². The second-order valence-corrected chi connectivity index (χ2v) is 8.19. The summed E-state index contributed by atoms with van der Waals surface area (Å²) in [5.41, 5.74) is 7.28. The molecule has 0 fully saturated rings. The summed E-state index contributed by atoms with van der Waals surface area (Å²) in [6.45, 7) is 6.76. The van der Waals surface area contributed by atoms with Gasteiger partial charge in [0, 0.05) is 24.0 Å². The average molecular weight is 343 g/mol. The Morgan fingerprint density at radius 1 is 1.04 bits per heavy atom. The molecule has 1 aromatic carbocycles. The van der Waals surface area contributed by atoms with Gasteiger partial charge in [-0.05, 0) is 54.9 Å². The maximum absolute atomic E-state index is 4.87. The van der Waals surface area contributed by atoms with E-state index >= 15 is 0 Å². The molecule has 0 bridgehead atoms. The molecule has 3 aromatic rings. The summed E-state index contributed by atoms with van der Waals surface area (Å²) in [4.78, 5) is 14.3. The van der Waals surface area contributed by atoms with Crippen molar-refractivity contribution < 1.29 is 0 Å². The van der Waals surface area contributed by atoms with Gasteiger partial charge in [-0.1, -0.05) is 49.7 Å². The van der Waals surface area contributed by atoms with Gasteiger partial charge in [0.1, 0.15) is 5.69 Å². The Labute approximate surface area is 155 Å². The van der Waals surface area contributed by atoms with Gasteiger partial charge in [0.2, 0.25) is 0 Å². The van der Waals surface area contributed by atoms with Crippen LogP contribution in [0.1, 0.15) is 48.3 Å². The first-order chi connectivity index (χ1) is 12.5. The van der Waals surface area contributed by atoms with Crippen molar-refractivity contribution in [1.29, 1.82) is 0 Å². The smallest absolute Gasteiger partial charge is 0.178 e. The number of nitrogens with zero attached hydrogens (tertiary/aromatic N) is 3. The number of pyridine rings is 1. The van der Waals surface area contributed by atoms with Crippen LogP contribution in [0, 0.1) is 12.3 Å². The van der Waals surface area contributed by atoms with E-state index in [1.807, 2.05) is 12.3 Å². The Kier molecular flexibility index (Phi) is 4.31. The van der Waals surface area contributed by atoms with E-state index in [0.717, 1.165) is 36.5 Å². The van der Waals surface area contributed by atoms with Crippen LogP contribution >= 0.6 is 0 Å². The van der Waals surface area contributed by atoms with Crippen LogP contribution in [0.5, 0.6) is 0 Å². The third-order valence-corrected chi connectivity index (χ3v) is 5.17. The fraction of sp³-hybridized carbons (Fsp3) is 0.348. The molecule has 1 aliphatic rings. The zero-order valence-corrected chi connectivity index (χ0v) is 15.8. The van der Waals surface area contributed by atoms with Gasteiger partial charge in [-0.2, -0.15) is 0 Å². The van der Waals surface area contributed by atoms with Crippen LogP contribution in [0.2, 0.25) is 0 Å². The van der Waals surface area contributed by atoms with Crippen molar-refractivity contribution >= 4 is 0 Å². The lowest BCUT2D eigenvalue weighted by molar-refractivity contribution is 0.310. The summed E-state index contributed by atoms with van der Waals surface area (Å²) in [7, 11) is 0. The van der Waals surface area contributed by atoms with E-state index in [4.69, 9.17) is 9.97 Å². The van der Waals surface area contributed by atoms with Crippen LogP contribution in [0.3, 0.4) is 0 Å². The Balaban J connectivity index is 1.63. The van der Waals surface area contributed by atoms with Crippen LogP contribution in [0.15, 0.2) is 48.7 Å². The summed E-state index contributed by atoms with van der Waals surface area (Å²) in [5.74, 6) is 0.743. The molecule has 2 aromatic heterocycles. The number of hydrogen-bond acceptors (Lipinski definition) is 3. The summed E-state index contributed by atoms with van der Waals surface area (Å²) in [6, 6.07) is 14.7. The molecule has 0 N–H and O–H groups in total. The van der Waals surface area contributed by atoms with E-state index in [9.17, 15) is 0 Å². The molecular formula is C23H25N3. The van der Waals surface area contributed by atoms with Crippen molar-refractivity contribution in [3.05, 3.63) is 76.7 Å². The van der Waals surface area contributed by atoms with Crippen molar-refractivity contribution in [2.24, 2.45) is 5.41 Å². The molecule has 26 heavy (non-hydrogen) atoms. The van der Waals surface area contributed by atoms with Crippen LogP contribution in [0.25, 0.3) is 11.5 Å². The summed E-state index contributed by atoms with van der Waals surface area (Å²) in [6.07, 6.45) is 6.12. The Bertz CT molecular complexity index is 944. The van der Waals surface area contributed by atoms with Crippen molar-refractivity contribution in [2.75, 3.05) is 0 Å². The van der Waals surface area contributed by atoms with Gasteiger partial charge >= 0.3 is 0 Å². The maximum Gasteiger partial charge on any atom is 0.178 e. The SMILES string of the molecule is Cc1cccc(Cc2cccc(-c3ncc4c(n3)CC(C)(C)CC4)n2)c1. The number of fused-ring (bicyclic) bond motifs is 1. The molecule has 0 radical (unpaired) electrons. The van der Waals surface area contributed by atoms with E-state index in [0.29, 0.717) is 5.41 Å². The minimum Gasteiger partial charge on any atom is -0.249 e. The first-order valence-electron chi connectivity index (χ1n) is 9.35. The third kappa shape index (κ3) is 3.67. The Morgan fingerprint density at radius 3 is 2.73 bits per heavy atom. The minimum atomic E-state index is 0.319. The molecule has 132 valence electrons. The lowest BCUT2D eigenvalue weighted by Crippen LogP contribution is -2.23. The second-order valence-electron chi connectivity index (χ2n) is 8.19. The molecule has 0 amide bonds. The molecule has 1 aliphatic carbocycles. The highest BCUT2D eigenvalue weighted by atomic mass is 14.9. The average Bonchev–Trinajstić information content (AvgIpc) is 2.60. The molecule has 3 nitrogen and oxygen atoms in total. The van der Waals surface area contributed by atoms with E-state index in [2.05, 4.69) is 62.2 Å². The first kappa shape index (κ1) is 16.9. The summed E-state index contributed by atoms with van der Waals surface area (Å²) >= 11 is 0. The summed E-state index contributed by atoms with van der Waals surface area (Å²) in [5, 5.41) is 0. The van der Waals surface area contributed by atoms with E-state index in [-0.39, 0.29) is 0 Å². The van der Waals surface area contributed by atoms with Gasteiger partial charge in [-0.25, -0.2) is 15.0 Å². The highest BCUT2D eigenvalue weighted by Crippen LogP contribution is 2.34. The van der Waals surface area contributed by atoms with Gasteiger partial charge in [-0.3, -0.25) is 0 Å². The lowest BCUT2D eigenvalue weighted by atomic mass is 9.77. The lowest BCUT2D eigenvalue weighted by Gasteiger charge is -2.30. The van der Waals surface area contributed by atoms with Gasteiger partial charge in [0.25, 0.3) is 0 Å². The zero-order chi connectivity index (χ0) is 18.1. The van der Waals surface area contributed by atoms with Crippen molar-refractivity contribution in [3.8, 4) is 11.5 Å². The first-order valence-corrected chi connectivity index (χ1v) is 9.35. The second kappa shape index (κ2) is 6.64. The van der Waals surface area contributed by atoms with Crippen molar-refractivity contribution in [2.45, 2.75) is 46.5 Å². The highest BCUT2D eigenvalue weighted by Gasteiger charge is 2.26. The predicted molar refractivity (Wildman–Crippen MR) is 105 cm³/mol. The standard InChI is InChI=1S/C23H25N3/c1-16-6-4-7-17(12-16)13-19-8-5-9-20(25-19)22-24-15-18-10-11-23(2,3)14-21(18)26-22/h4-9,12,15H,10-11,13-14H2,1-3H3. The fourth-order valence-corrected chi connectivity index (χ4v) is 3.68. The van der Waals surface area contributed by atoms with Gasteiger partial charge in [0.05, 0.1) is 0 Å². The number of benzene rings is 1. The van der Waals surface area contributed by atoms with Crippen molar-refractivity contribution in [1.82, 2.24) is 15.0 Å². The van der Waals surface area contributed by atoms with E-state index in [1.54, 1.807) is 0 Å².